The zero-order valence-electron chi connectivity index (χ0n) is 10.6. The number of H-pyrrole nitrogens is 1. The summed E-state index contributed by atoms with van der Waals surface area (Å²) in [5, 5.41) is 0. The minimum absolute atomic E-state index is 0.173. The van der Waals surface area contributed by atoms with Gasteiger partial charge in [0.05, 0.1) is 6.04 Å². The van der Waals surface area contributed by atoms with E-state index in [2.05, 4.69) is 11.1 Å². The number of hydrogen-bond donors (Lipinski definition) is 1. The number of nitrogens with one attached hydrogen (secondary N) is 1. The molecule has 0 spiro atoms. The third kappa shape index (κ3) is 2.30. The second kappa shape index (κ2) is 5.25. The lowest BCUT2D eigenvalue weighted by atomic mass is 10.1. The van der Waals surface area contributed by atoms with Crippen LogP contribution in [-0.4, -0.2) is 40.4 Å². The van der Waals surface area contributed by atoms with E-state index in [0.717, 1.165) is 38.2 Å². The largest absolute Gasteiger partial charge is 0.363 e. The number of amides is 2. The van der Waals surface area contributed by atoms with E-state index in [9.17, 15) is 4.79 Å². The molecule has 1 aliphatic rings. The van der Waals surface area contributed by atoms with Gasteiger partial charge in [0.1, 0.15) is 0 Å². The summed E-state index contributed by atoms with van der Waals surface area (Å²) in [6, 6.07) is 4.47. The first-order valence-corrected chi connectivity index (χ1v) is 6.46. The number of carbonyl (C=O) groups is 1. The van der Waals surface area contributed by atoms with E-state index >= 15 is 0 Å². The van der Waals surface area contributed by atoms with Crippen molar-refractivity contribution in [1.82, 2.24) is 14.8 Å². The van der Waals surface area contributed by atoms with E-state index in [4.69, 9.17) is 0 Å². The molecule has 2 heterocycles. The summed E-state index contributed by atoms with van der Waals surface area (Å²) in [6.45, 7) is 6.49. The lowest BCUT2D eigenvalue weighted by Crippen LogP contribution is -2.42. The molecule has 0 aromatic carbocycles. The van der Waals surface area contributed by atoms with Gasteiger partial charge in [-0.05, 0) is 38.8 Å². The highest BCUT2D eigenvalue weighted by molar-refractivity contribution is 5.75. The second-order valence-electron chi connectivity index (χ2n) is 4.43. The number of rotatable bonds is 3. The van der Waals surface area contributed by atoms with Crippen LogP contribution in [0, 0.1) is 0 Å². The minimum Gasteiger partial charge on any atom is -0.363 e. The van der Waals surface area contributed by atoms with Crippen molar-refractivity contribution in [3.8, 4) is 0 Å². The van der Waals surface area contributed by atoms with Gasteiger partial charge in [-0.15, -0.1) is 0 Å². The van der Waals surface area contributed by atoms with Crippen LogP contribution in [0.1, 0.15) is 38.4 Å². The first-order valence-electron chi connectivity index (χ1n) is 6.46. The molecule has 0 radical (unpaired) electrons. The molecule has 1 fully saturated rings. The Morgan fingerprint density at radius 3 is 2.88 bits per heavy atom. The van der Waals surface area contributed by atoms with Crippen molar-refractivity contribution >= 4 is 6.03 Å². The van der Waals surface area contributed by atoms with Crippen molar-refractivity contribution in [2.75, 3.05) is 19.6 Å². The van der Waals surface area contributed by atoms with Crippen LogP contribution in [-0.2, 0) is 0 Å². The monoisotopic (exact) mass is 235 g/mol. The highest BCUT2D eigenvalue weighted by Gasteiger charge is 2.32. The number of hydrogen-bond acceptors (Lipinski definition) is 1. The van der Waals surface area contributed by atoms with Gasteiger partial charge in [0, 0.05) is 31.5 Å². The fraction of sp³-hybridized carbons (Fsp3) is 0.615. The normalized spacial score (nSPS) is 19.6. The third-order valence-corrected chi connectivity index (χ3v) is 3.51. The molecule has 94 valence electrons. The van der Waals surface area contributed by atoms with Crippen LogP contribution >= 0.6 is 0 Å². The number of aromatic nitrogens is 1. The molecule has 0 bridgehead atoms. The average molecular weight is 235 g/mol. The highest BCUT2D eigenvalue weighted by Crippen LogP contribution is 2.31. The molecule has 4 nitrogen and oxygen atoms in total. The lowest BCUT2D eigenvalue weighted by Gasteiger charge is -2.30. The molecule has 1 saturated heterocycles. The number of aromatic amines is 1. The van der Waals surface area contributed by atoms with Gasteiger partial charge in [-0.3, -0.25) is 0 Å². The topological polar surface area (TPSA) is 39.3 Å². The van der Waals surface area contributed by atoms with Gasteiger partial charge in [-0.2, -0.15) is 0 Å². The van der Waals surface area contributed by atoms with Gasteiger partial charge < -0.3 is 14.8 Å². The molecule has 1 aromatic rings. The molecule has 1 aromatic heterocycles. The third-order valence-electron chi connectivity index (χ3n) is 3.51. The van der Waals surface area contributed by atoms with Gasteiger partial charge in [0.15, 0.2) is 0 Å². The van der Waals surface area contributed by atoms with E-state index in [1.54, 1.807) is 0 Å². The molecular formula is C13H21N3O. The SMILES string of the molecule is CCN(CC)C(=O)N1CCCC1c1ccc[nH]1. The Morgan fingerprint density at radius 1 is 1.53 bits per heavy atom. The highest BCUT2D eigenvalue weighted by atomic mass is 16.2. The fourth-order valence-electron chi connectivity index (χ4n) is 2.55. The molecule has 1 N–H and O–H groups in total. The van der Waals surface area contributed by atoms with Crippen LogP contribution in [0.4, 0.5) is 4.79 Å². The summed E-state index contributed by atoms with van der Waals surface area (Å²) in [6.07, 6.45) is 4.08. The molecule has 2 amide bonds. The Morgan fingerprint density at radius 2 is 2.29 bits per heavy atom. The van der Waals surface area contributed by atoms with E-state index in [0.29, 0.717) is 0 Å². The molecule has 1 atom stereocenters. The molecule has 0 aliphatic carbocycles. The molecule has 4 heteroatoms. The number of carbonyl (C=O) groups excluding carboxylic acids is 1. The van der Waals surface area contributed by atoms with Crippen molar-refractivity contribution in [2.24, 2.45) is 0 Å². The van der Waals surface area contributed by atoms with Crippen LogP contribution in [0.5, 0.6) is 0 Å². The van der Waals surface area contributed by atoms with Crippen molar-refractivity contribution in [1.29, 1.82) is 0 Å². The summed E-state index contributed by atoms with van der Waals surface area (Å²) in [4.78, 5) is 19.5. The summed E-state index contributed by atoms with van der Waals surface area (Å²) < 4.78 is 0. The quantitative estimate of drug-likeness (QED) is 0.859. The zero-order valence-corrected chi connectivity index (χ0v) is 10.6. The van der Waals surface area contributed by atoms with E-state index < -0.39 is 0 Å². The van der Waals surface area contributed by atoms with Crippen LogP contribution in [0.25, 0.3) is 0 Å². The van der Waals surface area contributed by atoms with Gasteiger partial charge in [-0.1, -0.05) is 0 Å². The smallest absolute Gasteiger partial charge is 0.320 e. The maximum absolute atomic E-state index is 12.4. The summed E-state index contributed by atoms with van der Waals surface area (Å²) in [5.41, 5.74) is 1.16. The zero-order chi connectivity index (χ0) is 12.3. The molecule has 1 unspecified atom stereocenters. The van der Waals surface area contributed by atoms with Crippen LogP contribution in [0.15, 0.2) is 18.3 Å². The summed E-state index contributed by atoms with van der Waals surface area (Å²) in [7, 11) is 0. The Kier molecular flexibility index (Phi) is 3.71. The first kappa shape index (κ1) is 12.0. The van der Waals surface area contributed by atoms with Crippen LogP contribution < -0.4 is 0 Å². The Hall–Kier alpha value is -1.45. The van der Waals surface area contributed by atoms with Crippen molar-refractivity contribution < 1.29 is 4.79 Å². The minimum atomic E-state index is 0.173. The first-order chi connectivity index (χ1) is 8.27. The number of nitrogens with zero attached hydrogens (tertiary/aromatic N) is 2. The standard InChI is InChI=1S/C13H21N3O/c1-3-15(4-2)13(17)16-10-6-8-12(16)11-7-5-9-14-11/h5,7,9,12,14H,3-4,6,8,10H2,1-2H3. The fourth-order valence-corrected chi connectivity index (χ4v) is 2.55. The van der Waals surface area contributed by atoms with E-state index in [1.165, 1.54) is 0 Å². The predicted octanol–water partition coefficient (Wildman–Crippen LogP) is 2.61. The number of likely N-dealkylation sites (tertiary alicyclic amines) is 1. The maximum Gasteiger partial charge on any atom is 0.320 e. The molecule has 2 rings (SSSR count). The molecule has 0 saturated carbocycles. The predicted molar refractivity (Wildman–Crippen MR) is 67.8 cm³/mol. The van der Waals surface area contributed by atoms with Crippen molar-refractivity contribution in [3.63, 3.8) is 0 Å². The second-order valence-corrected chi connectivity index (χ2v) is 4.43. The van der Waals surface area contributed by atoms with Gasteiger partial charge in [0.2, 0.25) is 0 Å². The maximum atomic E-state index is 12.4. The summed E-state index contributed by atoms with van der Waals surface area (Å²) >= 11 is 0. The van der Waals surface area contributed by atoms with Gasteiger partial charge in [0.25, 0.3) is 0 Å². The van der Waals surface area contributed by atoms with Crippen LogP contribution in [0.2, 0.25) is 0 Å². The molecule has 17 heavy (non-hydrogen) atoms. The lowest BCUT2D eigenvalue weighted by molar-refractivity contribution is 0.152. The molecular weight excluding hydrogens is 214 g/mol. The average Bonchev–Trinajstić information content (AvgIpc) is 3.01. The number of urea groups is 1. The van der Waals surface area contributed by atoms with Crippen molar-refractivity contribution in [2.45, 2.75) is 32.7 Å². The van der Waals surface area contributed by atoms with Crippen LogP contribution in [0.3, 0.4) is 0 Å². The van der Waals surface area contributed by atoms with E-state index in [1.807, 2.05) is 35.9 Å². The summed E-state index contributed by atoms with van der Waals surface area (Å²) in [5.74, 6) is 0. The Bertz CT molecular complexity index is 357. The Labute approximate surface area is 103 Å². The van der Waals surface area contributed by atoms with Gasteiger partial charge >= 0.3 is 6.03 Å². The molecule has 1 aliphatic heterocycles. The van der Waals surface area contributed by atoms with Crippen molar-refractivity contribution in [3.05, 3.63) is 24.0 Å². The Balaban J connectivity index is 2.12. The van der Waals surface area contributed by atoms with Gasteiger partial charge in [-0.25, -0.2) is 4.79 Å². The van der Waals surface area contributed by atoms with E-state index in [-0.39, 0.29) is 12.1 Å².